The van der Waals surface area contributed by atoms with E-state index in [9.17, 15) is 4.79 Å². The van der Waals surface area contributed by atoms with Gasteiger partial charge >= 0.3 is 0 Å². The topological polar surface area (TPSA) is 138 Å². The number of aliphatic imine (C=N–C) groups is 1. The number of hydrogen-bond acceptors (Lipinski definition) is 7. The standard InChI is InChI=1S/C22H25N5O5/c1-30-26-21(29)22(13-17-5-2-3-6-18(17)14-24-27-23)15-32-20(25-22)16-7-9-19(10-8-16)31-12-4-11-28/h2-3,5-10,28H,4,11-15H2,1H3,(H,26,29)/t22-/m0/s1. The molecule has 1 aliphatic rings. The Morgan fingerprint density at radius 2 is 2.03 bits per heavy atom. The number of carbonyl (C=O) groups excluding carboxylic acids is 1. The first-order valence-electron chi connectivity index (χ1n) is 10.1. The summed E-state index contributed by atoms with van der Waals surface area (Å²) in [7, 11) is 1.36. The number of hydrogen-bond donors (Lipinski definition) is 2. The maximum atomic E-state index is 12.9. The molecule has 0 radical (unpaired) electrons. The van der Waals surface area contributed by atoms with E-state index in [0.717, 1.165) is 11.1 Å². The van der Waals surface area contributed by atoms with Crippen LogP contribution >= 0.6 is 0 Å². The molecular weight excluding hydrogens is 414 g/mol. The molecular formula is C22H25N5O5. The molecule has 0 saturated carbocycles. The molecule has 2 aromatic rings. The summed E-state index contributed by atoms with van der Waals surface area (Å²) in [6.07, 6.45) is 0.793. The summed E-state index contributed by atoms with van der Waals surface area (Å²) in [5.74, 6) is 0.569. The van der Waals surface area contributed by atoms with Crippen LogP contribution in [-0.2, 0) is 27.3 Å². The SMILES string of the molecule is CONC(=O)[C@]1(Cc2ccccc2CN=[N+]=[N-])COC(c2ccc(OCCCO)cc2)=N1. The Hall–Kier alpha value is -3.59. The van der Waals surface area contributed by atoms with Crippen molar-refractivity contribution in [1.29, 1.82) is 0 Å². The summed E-state index contributed by atoms with van der Waals surface area (Å²) in [5, 5.41) is 12.5. The van der Waals surface area contributed by atoms with Gasteiger partial charge in [0.15, 0.2) is 5.54 Å². The van der Waals surface area contributed by atoms with Crippen molar-refractivity contribution in [1.82, 2.24) is 5.48 Å². The third-order valence-electron chi connectivity index (χ3n) is 4.96. The molecule has 0 fully saturated rings. The zero-order valence-electron chi connectivity index (χ0n) is 17.7. The van der Waals surface area contributed by atoms with Crippen molar-refractivity contribution in [3.8, 4) is 5.75 Å². The van der Waals surface area contributed by atoms with Gasteiger partial charge < -0.3 is 14.6 Å². The van der Waals surface area contributed by atoms with Gasteiger partial charge in [-0.25, -0.2) is 10.5 Å². The zero-order chi connectivity index (χ0) is 22.8. The third-order valence-corrected chi connectivity index (χ3v) is 4.96. The van der Waals surface area contributed by atoms with Gasteiger partial charge in [0.1, 0.15) is 12.4 Å². The van der Waals surface area contributed by atoms with Crippen LogP contribution in [0.1, 0.15) is 23.1 Å². The van der Waals surface area contributed by atoms with Crippen LogP contribution in [0.5, 0.6) is 5.75 Å². The number of rotatable bonds is 11. The molecule has 2 aromatic carbocycles. The molecule has 1 atom stereocenters. The van der Waals surface area contributed by atoms with Crippen LogP contribution in [-0.4, -0.2) is 49.4 Å². The third kappa shape index (κ3) is 5.55. The molecule has 0 unspecified atom stereocenters. The van der Waals surface area contributed by atoms with Gasteiger partial charge in [0.25, 0.3) is 5.91 Å². The first-order valence-corrected chi connectivity index (χ1v) is 10.1. The lowest BCUT2D eigenvalue weighted by Gasteiger charge is -2.23. The van der Waals surface area contributed by atoms with E-state index in [1.54, 1.807) is 24.3 Å². The highest BCUT2D eigenvalue weighted by Gasteiger charge is 2.45. The Morgan fingerprint density at radius 1 is 1.28 bits per heavy atom. The molecule has 1 amide bonds. The number of carbonyl (C=O) groups is 1. The lowest BCUT2D eigenvalue weighted by molar-refractivity contribution is -0.137. The molecule has 10 nitrogen and oxygen atoms in total. The molecule has 0 saturated heterocycles. The van der Waals surface area contributed by atoms with E-state index in [1.165, 1.54) is 7.11 Å². The Morgan fingerprint density at radius 3 is 2.72 bits per heavy atom. The first-order chi connectivity index (χ1) is 15.6. The molecule has 32 heavy (non-hydrogen) atoms. The molecule has 0 bridgehead atoms. The predicted octanol–water partition coefficient (Wildman–Crippen LogP) is 2.69. The molecule has 3 rings (SSSR count). The number of aliphatic hydroxyl groups is 1. The number of azide groups is 1. The molecule has 0 aliphatic carbocycles. The van der Waals surface area contributed by atoms with Gasteiger partial charge in [0.05, 0.1) is 20.3 Å². The summed E-state index contributed by atoms with van der Waals surface area (Å²) in [6, 6.07) is 14.6. The molecule has 168 valence electrons. The number of amides is 1. The normalized spacial score (nSPS) is 17.1. The van der Waals surface area contributed by atoms with E-state index >= 15 is 0 Å². The second-order valence-corrected chi connectivity index (χ2v) is 7.16. The van der Waals surface area contributed by atoms with Gasteiger partial charge in [-0.05, 0) is 40.9 Å². The highest BCUT2D eigenvalue weighted by Crippen LogP contribution is 2.29. The van der Waals surface area contributed by atoms with Gasteiger partial charge in [-0.2, -0.15) is 0 Å². The molecule has 0 aromatic heterocycles. The van der Waals surface area contributed by atoms with Crippen molar-refractivity contribution >= 4 is 11.8 Å². The highest BCUT2D eigenvalue weighted by molar-refractivity contribution is 6.00. The summed E-state index contributed by atoms with van der Waals surface area (Å²) < 4.78 is 11.4. The fourth-order valence-corrected chi connectivity index (χ4v) is 3.32. The largest absolute Gasteiger partial charge is 0.494 e. The van der Waals surface area contributed by atoms with Crippen molar-refractivity contribution in [2.45, 2.75) is 24.9 Å². The van der Waals surface area contributed by atoms with E-state index in [0.29, 0.717) is 30.2 Å². The number of benzene rings is 2. The zero-order valence-corrected chi connectivity index (χ0v) is 17.7. The minimum atomic E-state index is -1.24. The van der Waals surface area contributed by atoms with Crippen LogP contribution in [0.3, 0.4) is 0 Å². The average Bonchev–Trinajstić information content (AvgIpc) is 3.25. The average molecular weight is 439 g/mol. The number of aliphatic hydroxyl groups excluding tert-OH is 1. The fraction of sp³-hybridized carbons (Fsp3) is 0.364. The van der Waals surface area contributed by atoms with Gasteiger partial charge in [-0.15, -0.1) is 0 Å². The van der Waals surface area contributed by atoms with E-state index in [4.69, 9.17) is 24.9 Å². The molecule has 0 spiro atoms. The van der Waals surface area contributed by atoms with E-state index in [2.05, 4.69) is 20.5 Å². The monoisotopic (exact) mass is 439 g/mol. The van der Waals surface area contributed by atoms with Crippen LogP contribution in [0.15, 0.2) is 58.6 Å². The second kappa shape index (κ2) is 11.1. The van der Waals surface area contributed by atoms with Crippen molar-refractivity contribution in [3.63, 3.8) is 0 Å². The summed E-state index contributed by atoms with van der Waals surface area (Å²) >= 11 is 0. The van der Waals surface area contributed by atoms with Crippen LogP contribution in [0, 0.1) is 0 Å². The Kier molecular flexibility index (Phi) is 8.04. The Bertz CT molecular complexity index is 1000. The molecule has 10 heteroatoms. The quantitative estimate of drug-likeness (QED) is 0.182. The van der Waals surface area contributed by atoms with Crippen LogP contribution in [0.4, 0.5) is 0 Å². The fourth-order valence-electron chi connectivity index (χ4n) is 3.32. The number of nitrogens with zero attached hydrogens (tertiary/aromatic N) is 4. The van der Waals surface area contributed by atoms with Gasteiger partial charge in [0.2, 0.25) is 5.90 Å². The maximum absolute atomic E-state index is 12.9. The number of hydroxylamine groups is 1. The summed E-state index contributed by atoms with van der Waals surface area (Å²) in [6.45, 7) is 0.690. The van der Waals surface area contributed by atoms with Crippen molar-refractivity contribution in [3.05, 3.63) is 75.7 Å². The maximum Gasteiger partial charge on any atom is 0.275 e. The second-order valence-electron chi connectivity index (χ2n) is 7.16. The highest BCUT2D eigenvalue weighted by atomic mass is 16.6. The number of ether oxygens (including phenoxy) is 2. The molecule has 1 heterocycles. The van der Waals surface area contributed by atoms with Crippen molar-refractivity contribution < 1.29 is 24.2 Å². The van der Waals surface area contributed by atoms with Gasteiger partial charge in [-0.3, -0.25) is 9.63 Å². The van der Waals surface area contributed by atoms with E-state index in [1.807, 2.05) is 24.3 Å². The van der Waals surface area contributed by atoms with Crippen LogP contribution in [0.25, 0.3) is 10.4 Å². The minimum absolute atomic E-state index is 0.0299. The van der Waals surface area contributed by atoms with E-state index < -0.39 is 11.4 Å². The Balaban J connectivity index is 1.87. The van der Waals surface area contributed by atoms with Crippen molar-refractivity contribution in [2.24, 2.45) is 10.1 Å². The van der Waals surface area contributed by atoms with Crippen LogP contribution < -0.4 is 10.2 Å². The predicted molar refractivity (Wildman–Crippen MR) is 117 cm³/mol. The lowest BCUT2D eigenvalue weighted by atomic mass is 9.89. The minimum Gasteiger partial charge on any atom is -0.494 e. The summed E-state index contributed by atoms with van der Waals surface area (Å²) in [5.41, 5.74) is 12.1. The lowest BCUT2D eigenvalue weighted by Crippen LogP contribution is -2.48. The Labute approximate surface area is 185 Å². The van der Waals surface area contributed by atoms with E-state index in [-0.39, 0.29) is 26.2 Å². The van der Waals surface area contributed by atoms with Crippen molar-refractivity contribution in [2.75, 3.05) is 26.9 Å². The van der Waals surface area contributed by atoms with Crippen LogP contribution in [0.2, 0.25) is 0 Å². The molecule has 2 N–H and O–H groups in total. The molecule has 1 aliphatic heterocycles. The summed E-state index contributed by atoms with van der Waals surface area (Å²) in [4.78, 5) is 25.3. The smallest absolute Gasteiger partial charge is 0.275 e. The van der Waals surface area contributed by atoms with Gasteiger partial charge in [-0.1, -0.05) is 29.4 Å². The first kappa shape index (κ1) is 23.1. The van der Waals surface area contributed by atoms with Gasteiger partial charge in [0, 0.05) is 29.9 Å². The number of nitrogens with one attached hydrogen (secondary N) is 1.